The number of rotatable bonds is 4. The van der Waals surface area contributed by atoms with Gasteiger partial charge in [0, 0.05) is 10.6 Å². The van der Waals surface area contributed by atoms with Crippen LogP contribution in [0, 0.1) is 0 Å². The molecule has 5 nitrogen and oxygen atoms in total. The Morgan fingerprint density at radius 3 is 2.31 bits per heavy atom. The average molecular weight is 404 g/mol. The monoisotopic (exact) mass is 403 g/mol. The van der Waals surface area contributed by atoms with E-state index in [1.807, 2.05) is 30.3 Å². The molecule has 1 aliphatic rings. The molecule has 0 saturated carbocycles. The molecule has 142 valence electrons. The van der Waals surface area contributed by atoms with Crippen LogP contribution in [-0.4, -0.2) is 17.8 Å². The topological polar surface area (TPSA) is 65.0 Å². The largest absolute Gasteiger partial charge is 0.423 e. The predicted octanol–water partition coefficient (Wildman–Crippen LogP) is 4.90. The number of cyclic esters (lactones) is 1. The molecule has 0 aromatic heterocycles. The Kier molecular flexibility index (Phi) is 5.22. The highest BCUT2D eigenvalue weighted by molar-refractivity contribution is 6.30. The summed E-state index contributed by atoms with van der Waals surface area (Å²) in [5, 5.41) is 0.544. The summed E-state index contributed by atoms with van der Waals surface area (Å²) in [6.45, 7) is 0. The van der Waals surface area contributed by atoms with Gasteiger partial charge in [-0.25, -0.2) is 14.6 Å². The summed E-state index contributed by atoms with van der Waals surface area (Å²) in [7, 11) is 0. The smallest absolute Gasteiger partial charge is 0.363 e. The zero-order valence-corrected chi connectivity index (χ0v) is 15.8. The van der Waals surface area contributed by atoms with Crippen molar-refractivity contribution in [2.45, 2.75) is 0 Å². The fraction of sp³-hybridized carbons (Fsp3) is 0. The van der Waals surface area contributed by atoms with Crippen molar-refractivity contribution in [3.63, 3.8) is 0 Å². The van der Waals surface area contributed by atoms with Gasteiger partial charge >= 0.3 is 11.9 Å². The highest BCUT2D eigenvalue weighted by atomic mass is 35.5. The molecule has 0 unspecified atom stereocenters. The molecular weight excluding hydrogens is 390 g/mol. The molecule has 0 spiro atoms. The summed E-state index contributed by atoms with van der Waals surface area (Å²) in [6, 6.07) is 22.4. The zero-order valence-electron chi connectivity index (χ0n) is 15.0. The van der Waals surface area contributed by atoms with Gasteiger partial charge in [-0.15, -0.1) is 0 Å². The first-order valence-corrected chi connectivity index (χ1v) is 9.12. The summed E-state index contributed by atoms with van der Waals surface area (Å²) < 4.78 is 10.6. The molecule has 0 atom stereocenters. The quantitative estimate of drug-likeness (QED) is 0.353. The van der Waals surface area contributed by atoms with Gasteiger partial charge in [-0.1, -0.05) is 41.9 Å². The lowest BCUT2D eigenvalue weighted by atomic mass is 10.2. The van der Waals surface area contributed by atoms with E-state index >= 15 is 0 Å². The van der Waals surface area contributed by atoms with Crippen molar-refractivity contribution < 1.29 is 19.1 Å². The summed E-state index contributed by atoms with van der Waals surface area (Å²) in [5.41, 5.74) is 2.06. The standard InChI is InChI=1S/C23H14ClNO4/c24-18-10-8-17(9-11-18)22(26)28-19-12-6-15(7-13-19)14-20-23(27)29-21(25-20)16-4-2-1-3-5-16/h1-14H/b20-14+. The molecule has 0 fully saturated rings. The summed E-state index contributed by atoms with van der Waals surface area (Å²) in [6.07, 6.45) is 1.61. The van der Waals surface area contributed by atoms with E-state index < -0.39 is 11.9 Å². The van der Waals surface area contributed by atoms with E-state index in [1.54, 1.807) is 54.6 Å². The normalized spacial score (nSPS) is 14.4. The van der Waals surface area contributed by atoms with Gasteiger partial charge in [-0.2, -0.15) is 0 Å². The van der Waals surface area contributed by atoms with E-state index in [4.69, 9.17) is 21.1 Å². The number of halogens is 1. The molecule has 1 aliphatic heterocycles. The van der Waals surface area contributed by atoms with Crippen LogP contribution < -0.4 is 4.74 Å². The number of nitrogens with zero attached hydrogens (tertiary/aromatic N) is 1. The van der Waals surface area contributed by atoms with Gasteiger partial charge in [0.25, 0.3) is 0 Å². The van der Waals surface area contributed by atoms with E-state index in [1.165, 1.54) is 0 Å². The number of hydrogen-bond donors (Lipinski definition) is 0. The van der Waals surface area contributed by atoms with E-state index in [2.05, 4.69) is 4.99 Å². The Bertz CT molecular complexity index is 1120. The van der Waals surface area contributed by atoms with Crippen molar-refractivity contribution in [2.24, 2.45) is 4.99 Å². The number of aliphatic imine (C=N–C) groups is 1. The van der Waals surface area contributed by atoms with Crippen LogP contribution in [0.15, 0.2) is 89.6 Å². The second-order valence-corrected chi connectivity index (χ2v) is 6.60. The first-order chi connectivity index (χ1) is 14.1. The number of hydrogen-bond acceptors (Lipinski definition) is 5. The molecule has 0 aliphatic carbocycles. The summed E-state index contributed by atoms with van der Waals surface area (Å²) >= 11 is 5.82. The van der Waals surface area contributed by atoms with Crippen molar-refractivity contribution in [3.05, 3.63) is 106 Å². The van der Waals surface area contributed by atoms with Gasteiger partial charge < -0.3 is 9.47 Å². The first kappa shape index (κ1) is 18.7. The van der Waals surface area contributed by atoms with Crippen molar-refractivity contribution in [2.75, 3.05) is 0 Å². The maximum atomic E-state index is 12.1. The lowest BCUT2D eigenvalue weighted by molar-refractivity contribution is -0.129. The van der Waals surface area contributed by atoms with Crippen LogP contribution in [0.1, 0.15) is 21.5 Å². The van der Waals surface area contributed by atoms with Crippen LogP contribution in [0.25, 0.3) is 6.08 Å². The molecule has 1 heterocycles. The number of benzene rings is 3. The lowest BCUT2D eigenvalue weighted by Gasteiger charge is -2.05. The zero-order chi connectivity index (χ0) is 20.2. The Morgan fingerprint density at radius 1 is 0.931 bits per heavy atom. The Balaban J connectivity index is 1.48. The number of carbonyl (C=O) groups is 2. The predicted molar refractivity (Wildman–Crippen MR) is 110 cm³/mol. The molecule has 0 saturated heterocycles. The highest BCUT2D eigenvalue weighted by Crippen LogP contribution is 2.21. The van der Waals surface area contributed by atoms with Gasteiger partial charge in [0.2, 0.25) is 5.90 Å². The number of ether oxygens (including phenoxy) is 2. The molecule has 0 bridgehead atoms. The van der Waals surface area contributed by atoms with E-state index in [0.717, 1.165) is 11.1 Å². The fourth-order valence-electron chi connectivity index (χ4n) is 2.66. The van der Waals surface area contributed by atoms with Gasteiger partial charge in [0.1, 0.15) is 5.75 Å². The van der Waals surface area contributed by atoms with Crippen molar-refractivity contribution in [3.8, 4) is 5.75 Å². The molecule has 3 aromatic rings. The van der Waals surface area contributed by atoms with Crippen molar-refractivity contribution in [1.29, 1.82) is 0 Å². The van der Waals surface area contributed by atoms with Crippen LogP contribution >= 0.6 is 11.6 Å². The van der Waals surface area contributed by atoms with Crippen LogP contribution in [0.2, 0.25) is 5.02 Å². The molecule has 0 radical (unpaired) electrons. The van der Waals surface area contributed by atoms with Gasteiger partial charge in [0.15, 0.2) is 5.70 Å². The molecule has 29 heavy (non-hydrogen) atoms. The van der Waals surface area contributed by atoms with Crippen LogP contribution in [0.4, 0.5) is 0 Å². The Labute approximate surface area is 171 Å². The summed E-state index contributed by atoms with van der Waals surface area (Å²) in [4.78, 5) is 28.5. The minimum Gasteiger partial charge on any atom is -0.423 e. The van der Waals surface area contributed by atoms with Crippen LogP contribution in [0.3, 0.4) is 0 Å². The third kappa shape index (κ3) is 4.42. The van der Waals surface area contributed by atoms with Crippen LogP contribution in [-0.2, 0) is 9.53 Å². The van der Waals surface area contributed by atoms with Gasteiger partial charge in [-0.3, -0.25) is 0 Å². The van der Waals surface area contributed by atoms with Crippen molar-refractivity contribution in [1.82, 2.24) is 0 Å². The third-order valence-corrected chi connectivity index (χ3v) is 4.37. The molecular formula is C23H14ClNO4. The van der Waals surface area contributed by atoms with Gasteiger partial charge in [0.05, 0.1) is 5.56 Å². The Hall–Kier alpha value is -3.70. The van der Waals surface area contributed by atoms with E-state index in [9.17, 15) is 9.59 Å². The second kappa shape index (κ2) is 8.12. The molecule has 6 heteroatoms. The average Bonchev–Trinajstić information content (AvgIpc) is 3.11. The lowest BCUT2D eigenvalue weighted by Crippen LogP contribution is -2.08. The maximum absolute atomic E-state index is 12.1. The number of carbonyl (C=O) groups excluding carboxylic acids is 2. The highest BCUT2D eigenvalue weighted by Gasteiger charge is 2.23. The molecule has 3 aromatic carbocycles. The molecule has 0 amide bonds. The minimum atomic E-state index is -0.512. The van der Waals surface area contributed by atoms with Gasteiger partial charge in [-0.05, 0) is 60.2 Å². The SMILES string of the molecule is O=C1OC(c2ccccc2)=N/C1=C/c1ccc(OC(=O)c2ccc(Cl)cc2)cc1. The van der Waals surface area contributed by atoms with Crippen molar-refractivity contribution >= 4 is 35.5 Å². The molecule has 4 rings (SSSR count). The van der Waals surface area contributed by atoms with E-state index in [0.29, 0.717) is 16.3 Å². The second-order valence-electron chi connectivity index (χ2n) is 6.17. The maximum Gasteiger partial charge on any atom is 0.363 e. The third-order valence-electron chi connectivity index (χ3n) is 4.12. The first-order valence-electron chi connectivity index (χ1n) is 8.74. The molecule has 0 N–H and O–H groups in total. The fourth-order valence-corrected chi connectivity index (χ4v) is 2.78. The Morgan fingerprint density at radius 2 is 1.62 bits per heavy atom. The summed E-state index contributed by atoms with van der Waals surface area (Å²) in [5.74, 6) is -0.337. The van der Waals surface area contributed by atoms with Crippen LogP contribution in [0.5, 0.6) is 5.75 Å². The number of esters is 2. The minimum absolute atomic E-state index is 0.203. The van der Waals surface area contributed by atoms with E-state index in [-0.39, 0.29) is 11.6 Å².